The SMILES string of the molecule is O=C(CCCCCC(CCC(=O)c1ccccc1)c1ccccc1)c1ccccc1. The molecule has 1 atom stereocenters. The highest BCUT2D eigenvalue weighted by atomic mass is 16.1. The summed E-state index contributed by atoms with van der Waals surface area (Å²) < 4.78 is 0. The highest BCUT2D eigenvalue weighted by molar-refractivity contribution is 5.96. The van der Waals surface area contributed by atoms with E-state index in [1.165, 1.54) is 5.56 Å². The van der Waals surface area contributed by atoms with Crippen LogP contribution in [0, 0.1) is 0 Å². The molecule has 0 aliphatic carbocycles. The molecule has 0 amide bonds. The molecular formula is C28H30O2. The Kier molecular flexibility index (Phi) is 8.59. The molecule has 0 saturated carbocycles. The van der Waals surface area contributed by atoms with Crippen molar-refractivity contribution < 1.29 is 9.59 Å². The van der Waals surface area contributed by atoms with E-state index in [1.54, 1.807) is 0 Å². The molecule has 30 heavy (non-hydrogen) atoms. The van der Waals surface area contributed by atoms with Crippen molar-refractivity contribution in [3.63, 3.8) is 0 Å². The van der Waals surface area contributed by atoms with Crippen LogP contribution < -0.4 is 0 Å². The molecule has 154 valence electrons. The van der Waals surface area contributed by atoms with Crippen LogP contribution in [0.25, 0.3) is 0 Å². The van der Waals surface area contributed by atoms with Crippen LogP contribution in [0.4, 0.5) is 0 Å². The number of benzene rings is 3. The highest BCUT2D eigenvalue weighted by Gasteiger charge is 2.14. The maximum Gasteiger partial charge on any atom is 0.162 e. The van der Waals surface area contributed by atoms with E-state index in [0.717, 1.165) is 43.2 Å². The minimum Gasteiger partial charge on any atom is -0.294 e. The lowest BCUT2D eigenvalue weighted by atomic mass is 9.87. The fraction of sp³-hybridized carbons (Fsp3) is 0.286. The standard InChI is InChI=1S/C28H30O2/c29-27(25-16-8-2-9-17-25)20-12-4-7-15-24(23-13-5-1-6-14-23)21-22-28(30)26-18-10-3-11-19-26/h1-3,5-6,8-11,13-14,16-19,24H,4,7,12,15,20-22H2. The first-order valence-electron chi connectivity index (χ1n) is 11.0. The van der Waals surface area contributed by atoms with E-state index in [4.69, 9.17) is 0 Å². The molecule has 0 saturated heterocycles. The van der Waals surface area contributed by atoms with Gasteiger partial charge in [0.15, 0.2) is 11.6 Å². The third-order valence-corrected chi connectivity index (χ3v) is 5.64. The summed E-state index contributed by atoms with van der Waals surface area (Å²) in [7, 11) is 0. The molecule has 0 fully saturated rings. The Morgan fingerprint density at radius 1 is 0.533 bits per heavy atom. The lowest BCUT2D eigenvalue weighted by Crippen LogP contribution is -2.05. The minimum absolute atomic E-state index is 0.213. The maximum atomic E-state index is 12.5. The smallest absolute Gasteiger partial charge is 0.162 e. The molecule has 0 heterocycles. The predicted octanol–water partition coefficient (Wildman–Crippen LogP) is 7.27. The average Bonchev–Trinajstić information content (AvgIpc) is 2.82. The summed E-state index contributed by atoms with van der Waals surface area (Å²) in [4.78, 5) is 24.8. The molecule has 3 aromatic carbocycles. The Labute approximate surface area is 180 Å². The maximum absolute atomic E-state index is 12.5. The molecule has 0 aliphatic heterocycles. The third kappa shape index (κ3) is 6.81. The molecule has 0 radical (unpaired) electrons. The molecule has 0 spiro atoms. The van der Waals surface area contributed by atoms with Crippen molar-refractivity contribution in [1.29, 1.82) is 0 Å². The lowest BCUT2D eigenvalue weighted by Gasteiger charge is -2.17. The zero-order chi connectivity index (χ0) is 21.0. The molecule has 1 unspecified atom stereocenters. The second kappa shape index (κ2) is 11.9. The minimum atomic E-state index is 0.213. The summed E-state index contributed by atoms with van der Waals surface area (Å²) in [6.07, 6.45) is 6.10. The first-order chi connectivity index (χ1) is 14.7. The number of unbranched alkanes of at least 4 members (excludes halogenated alkanes) is 2. The Morgan fingerprint density at radius 2 is 1.03 bits per heavy atom. The first kappa shape index (κ1) is 21.7. The van der Waals surface area contributed by atoms with Gasteiger partial charge in [0.2, 0.25) is 0 Å². The van der Waals surface area contributed by atoms with Crippen molar-refractivity contribution in [3.05, 3.63) is 108 Å². The normalized spacial score (nSPS) is 11.7. The number of ketones is 2. The molecule has 0 bridgehead atoms. The summed E-state index contributed by atoms with van der Waals surface area (Å²) >= 11 is 0. The van der Waals surface area contributed by atoms with Crippen molar-refractivity contribution in [1.82, 2.24) is 0 Å². The van der Waals surface area contributed by atoms with Crippen LogP contribution in [-0.2, 0) is 0 Å². The van der Waals surface area contributed by atoms with Crippen LogP contribution in [0.3, 0.4) is 0 Å². The summed E-state index contributed by atoms with van der Waals surface area (Å²) in [5.74, 6) is 0.817. The largest absolute Gasteiger partial charge is 0.294 e. The van der Waals surface area contributed by atoms with E-state index in [9.17, 15) is 9.59 Å². The first-order valence-corrected chi connectivity index (χ1v) is 11.0. The van der Waals surface area contributed by atoms with Crippen LogP contribution in [0.1, 0.15) is 77.1 Å². The Balaban J connectivity index is 1.47. The van der Waals surface area contributed by atoms with Gasteiger partial charge in [-0.15, -0.1) is 0 Å². The number of carbonyl (C=O) groups excluding carboxylic acids is 2. The Morgan fingerprint density at radius 3 is 1.60 bits per heavy atom. The number of rotatable bonds is 12. The van der Waals surface area contributed by atoms with Gasteiger partial charge >= 0.3 is 0 Å². The van der Waals surface area contributed by atoms with Crippen molar-refractivity contribution in [2.75, 3.05) is 0 Å². The quantitative estimate of drug-likeness (QED) is 0.237. The summed E-state index contributed by atoms with van der Waals surface area (Å²) in [6, 6.07) is 29.6. The van der Waals surface area contributed by atoms with Crippen LogP contribution in [0.5, 0.6) is 0 Å². The predicted molar refractivity (Wildman–Crippen MR) is 123 cm³/mol. The fourth-order valence-corrected chi connectivity index (χ4v) is 3.90. The molecule has 3 rings (SSSR count). The summed E-state index contributed by atoms with van der Waals surface area (Å²) in [5, 5.41) is 0. The number of hydrogen-bond acceptors (Lipinski definition) is 2. The van der Waals surface area contributed by atoms with Gasteiger partial charge in [0.05, 0.1) is 0 Å². The molecule has 2 nitrogen and oxygen atoms in total. The van der Waals surface area contributed by atoms with E-state index in [0.29, 0.717) is 18.8 Å². The molecule has 0 aromatic heterocycles. The van der Waals surface area contributed by atoms with Gasteiger partial charge in [-0.25, -0.2) is 0 Å². The monoisotopic (exact) mass is 398 g/mol. The third-order valence-electron chi connectivity index (χ3n) is 5.64. The number of Topliss-reactive ketones (excluding diaryl/α,β-unsaturated/α-hetero) is 2. The van der Waals surface area contributed by atoms with Gasteiger partial charge in [-0.3, -0.25) is 9.59 Å². The van der Waals surface area contributed by atoms with Gasteiger partial charge in [0, 0.05) is 24.0 Å². The van der Waals surface area contributed by atoms with Gasteiger partial charge in [-0.2, -0.15) is 0 Å². The van der Waals surface area contributed by atoms with Crippen LogP contribution in [0.2, 0.25) is 0 Å². The van der Waals surface area contributed by atoms with Gasteiger partial charge < -0.3 is 0 Å². The van der Waals surface area contributed by atoms with E-state index in [-0.39, 0.29) is 11.6 Å². The van der Waals surface area contributed by atoms with E-state index in [2.05, 4.69) is 24.3 Å². The van der Waals surface area contributed by atoms with Crippen molar-refractivity contribution >= 4 is 11.6 Å². The second-order valence-electron chi connectivity index (χ2n) is 7.82. The second-order valence-corrected chi connectivity index (χ2v) is 7.82. The van der Waals surface area contributed by atoms with Gasteiger partial charge in [-0.1, -0.05) is 104 Å². The van der Waals surface area contributed by atoms with E-state index >= 15 is 0 Å². The Hall–Kier alpha value is -3.00. The molecule has 0 aliphatic rings. The summed E-state index contributed by atoms with van der Waals surface area (Å²) in [5.41, 5.74) is 2.90. The number of hydrogen-bond donors (Lipinski definition) is 0. The van der Waals surface area contributed by atoms with Crippen LogP contribution >= 0.6 is 0 Å². The molecular weight excluding hydrogens is 368 g/mol. The molecule has 3 aromatic rings. The van der Waals surface area contributed by atoms with Crippen LogP contribution in [-0.4, -0.2) is 11.6 Å². The van der Waals surface area contributed by atoms with Crippen molar-refractivity contribution in [3.8, 4) is 0 Å². The zero-order valence-corrected chi connectivity index (χ0v) is 17.5. The lowest BCUT2D eigenvalue weighted by molar-refractivity contribution is 0.0968. The van der Waals surface area contributed by atoms with Crippen molar-refractivity contribution in [2.45, 2.75) is 50.9 Å². The summed E-state index contributed by atoms with van der Waals surface area (Å²) in [6.45, 7) is 0. The fourth-order valence-electron chi connectivity index (χ4n) is 3.90. The zero-order valence-electron chi connectivity index (χ0n) is 17.5. The average molecular weight is 399 g/mol. The Bertz CT molecular complexity index is 901. The van der Waals surface area contributed by atoms with Crippen LogP contribution in [0.15, 0.2) is 91.0 Å². The topological polar surface area (TPSA) is 34.1 Å². The van der Waals surface area contributed by atoms with Gasteiger partial charge in [-0.05, 0) is 30.7 Å². The van der Waals surface area contributed by atoms with Crippen molar-refractivity contribution in [2.24, 2.45) is 0 Å². The van der Waals surface area contributed by atoms with Gasteiger partial charge in [0.25, 0.3) is 0 Å². The van der Waals surface area contributed by atoms with Gasteiger partial charge in [0.1, 0.15) is 0 Å². The number of carbonyl (C=O) groups is 2. The molecule has 0 N–H and O–H groups in total. The van der Waals surface area contributed by atoms with E-state index < -0.39 is 0 Å². The highest BCUT2D eigenvalue weighted by Crippen LogP contribution is 2.28. The molecule has 2 heteroatoms. The van der Waals surface area contributed by atoms with E-state index in [1.807, 2.05) is 66.7 Å².